The van der Waals surface area contributed by atoms with E-state index >= 15 is 0 Å². The quantitative estimate of drug-likeness (QED) is 0.404. The standard InChI is InChI=1S/C19H20Cl2FN9O/c1-9-5-13(29(2)26-9)31-15(10-3-4-10)14(23)18(28-31)32-8-11(22)7-30-17-12(16(20)27-30)6-24-19(21)25-17/h5-6,10-11H,3-4,7-8,23H2,1-2H3. The van der Waals surface area contributed by atoms with Crippen molar-refractivity contribution >= 4 is 39.9 Å². The number of fused-ring (bicyclic) bond motifs is 1. The highest BCUT2D eigenvalue weighted by Crippen LogP contribution is 2.46. The van der Waals surface area contributed by atoms with Gasteiger partial charge < -0.3 is 10.5 Å². The number of hydrogen-bond donors (Lipinski definition) is 1. The van der Waals surface area contributed by atoms with Gasteiger partial charge in [0.25, 0.3) is 5.88 Å². The second-order valence-corrected chi connectivity index (χ2v) is 8.51. The normalized spacial score (nSPS) is 14.9. The number of halogens is 3. The van der Waals surface area contributed by atoms with E-state index in [-0.39, 0.29) is 29.5 Å². The Morgan fingerprint density at radius 2 is 2.06 bits per heavy atom. The lowest BCUT2D eigenvalue weighted by Crippen LogP contribution is -2.21. The van der Waals surface area contributed by atoms with E-state index in [0.29, 0.717) is 22.6 Å². The van der Waals surface area contributed by atoms with Gasteiger partial charge in [0.15, 0.2) is 22.8 Å². The van der Waals surface area contributed by atoms with Gasteiger partial charge in [-0.05, 0) is 31.4 Å². The Morgan fingerprint density at radius 3 is 2.75 bits per heavy atom. The molecule has 0 radical (unpaired) electrons. The van der Waals surface area contributed by atoms with Crippen LogP contribution < -0.4 is 10.5 Å². The van der Waals surface area contributed by atoms with E-state index < -0.39 is 6.17 Å². The van der Waals surface area contributed by atoms with Crippen molar-refractivity contribution in [1.82, 2.24) is 39.3 Å². The predicted molar refractivity (Wildman–Crippen MR) is 117 cm³/mol. The van der Waals surface area contributed by atoms with E-state index in [9.17, 15) is 4.39 Å². The van der Waals surface area contributed by atoms with Gasteiger partial charge >= 0.3 is 0 Å². The van der Waals surface area contributed by atoms with Crippen molar-refractivity contribution in [2.75, 3.05) is 12.3 Å². The Kier molecular flexibility index (Phi) is 5.17. The molecule has 0 spiro atoms. The molecule has 0 aliphatic heterocycles. The molecule has 0 aromatic carbocycles. The third-order valence-electron chi connectivity index (χ3n) is 5.27. The molecular weight excluding hydrogens is 460 g/mol. The topological polar surface area (TPSA) is 114 Å². The van der Waals surface area contributed by atoms with Crippen molar-refractivity contribution in [1.29, 1.82) is 0 Å². The zero-order valence-corrected chi connectivity index (χ0v) is 18.8. The summed E-state index contributed by atoms with van der Waals surface area (Å²) in [5.74, 6) is 1.28. The van der Waals surface area contributed by atoms with Gasteiger partial charge in [0, 0.05) is 25.2 Å². The van der Waals surface area contributed by atoms with Crippen LogP contribution in [0.15, 0.2) is 12.3 Å². The summed E-state index contributed by atoms with van der Waals surface area (Å²) in [6, 6.07) is 1.92. The molecule has 4 heterocycles. The Labute approximate surface area is 192 Å². The number of anilines is 1. The van der Waals surface area contributed by atoms with Gasteiger partial charge in [-0.2, -0.15) is 15.2 Å². The minimum absolute atomic E-state index is 0.0262. The summed E-state index contributed by atoms with van der Waals surface area (Å²) in [6.07, 6.45) is 2.08. The van der Waals surface area contributed by atoms with Crippen LogP contribution in [0.5, 0.6) is 5.88 Å². The molecule has 10 nitrogen and oxygen atoms in total. The molecule has 1 fully saturated rings. The number of nitrogen functional groups attached to an aromatic ring is 1. The molecule has 1 atom stereocenters. The number of alkyl halides is 1. The number of rotatable bonds is 7. The fraction of sp³-hybridized carbons (Fsp3) is 0.421. The van der Waals surface area contributed by atoms with Crippen LogP contribution in [0.3, 0.4) is 0 Å². The first kappa shape index (κ1) is 21.0. The zero-order chi connectivity index (χ0) is 22.6. The lowest BCUT2D eigenvalue weighted by Gasteiger charge is -2.10. The van der Waals surface area contributed by atoms with Gasteiger partial charge in [0.1, 0.15) is 12.3 Å². The number of aromatic nitrogens is 8. The second kappa shape index (κ2) is 7.89. The van der Waals surface area contributed by atoms with E-state index in [4.69, 9.17) is 33.7 Å². The number of aryl methyl sites for hydroxylation is 2. The monoisotopic (exact) mass is 479 g/mol. The molecule has 0 bridgehead atoms. The van der Waals surface area contributed by atoms with Crippen LogP contribution in [0.2, 0.25) is 10.4 Å². The first-order chi connectivity index (χ1) is 15.3. The maximum atomic E-state index is 14.8. The van der Waals surface area contributed by atoms with Gasteiger partial charge in [-0.1, -0.05) is 11.6 Å². The van der Waals surface area contributed by atoms with Crippen molar-refractivity contribution in [3.63, 3.8) is 0 Å². The van der Waals surface area contributed by atoms with Crippen LogP contribution >= 0.6 is 23.2 Å². The molecule has 1 saturated carbocycles. The van der Waals surface area contributed by atoms with Crippen molar-refractivity contribution in [2.24, 2.45) is 7.05 Å². The SMILES string of the molecule is Cc1cc(-n2nc(OCC(F)Cn3nc(Cl)c4cnc(Cl)nc43)c(N)c2C2CC2)n(C)n1. The average Bonchev–Trinajstić information content (AvgIpc) is 3.36. The maximum absolute atomic E-state index is 14.8. The molecule has 1 aliphatic rings. The summed E-state index contributed by atoms with van der Waals surface area (Å²) in [4.78, 5) is 7.96. The van der Waals surface area contributed by atoms with Crippen LogP contribution in [-0.2, 0) is 13.6 Å². The maximum Gasteiger partial charge on any atom is 0.257 e. The number of hydrogen-bond acceptors (Lipinski definition) is 7. The summed E-state index contributed by atoms with van der Waals surface area (Å²) in [7, 11) is 1.84. The third kappa shape index (κ3) is 3.75. The van der Waals surface area contributed by atoms with Crippen LogP contribution in [0.4, 0.5) is 10.1 Å². The number of nitrogens with zero attached hydrogens (tertiary/aromatic N) is 8. The molecule has 2 N–H and O–H groups in total. The van der Waals surface area contributed by atoms with Gasteiger partial charge in [-0.25, -0.2) is 18.7 Å². The molecule has 4 aromatic heterocycles. The minimum atomic E-state index is -1.42. The lowest BCUT2D eigenvalue weighted by atomic mass is 10.2. The largest absolute Gasteiger partial charge is 0.472 e. The Bertz CT molecular complexity index is 1310. The molecule has 1 unspecified atom stereocenters. The second-order valence-electron chi connectivity index (χ2n) is 7.82. The molecular formula is C19H20Cl2FN9O. The smallest absolute Gasteiger partial charge is 0.257 e. The van der Waals surface area contributed by atoms with E-state index in [0.717, 1.165) is 30.0 Å². The highest BCUT2D eigenvalue weighted by Gasteiger charge is 2.33. The van der Waals surface area contributed by atoms with Crippen molar-refractivity contribution < 1.29 is 9.13 Å². The number of nitrogens with two attached hydrogens (primary N) is 1. The van der Waals surface area contributed by atoms with Gasteiger partial charge in [-0.3, -0.25) is 4.68 Å². The van der Waals surface area contributed by atoms with Crippen LogP contribution in [0.1, 0.15) is 30.1 Å². The summed E-state index contributed by atoms with van der Waals surface area (Å²) in [5.41, 5.74) is 8.85. The van der Waals surface area contributed by atoms with Crippen molar-refractivity contribution in [3.05, 3.63) is 34.1 Å². The molecule has 32 heavy (non-hydrogen) atoms. The molecule has 168 valence electrons. The third-order valence-corrected chi connectivity index (χ3v) is 5.73. The molecule has 5 rings (SSSR count). The Hall–Kier alpha value is -2.92. The summed E-state index contributed by atoms with van der Waals surface area (Å²) < 4.78 is 25.3. The summed E-state index contributed by atoms with van der Waals surface area (Å²) in [6.45, 7) is 1.50. The highest BCUT2D eigenvalue weighted by molar-refractivity contribution is 6.34. The fourth-order valence-electron chi connectivity index (χ4n) is 3.69. The fourth-order valence-corrected chi connectivity index (χ4v) is 4.04. The molecule has 0 amide bonds. The molecule has 1 aliphatic carbocycles. The van der Waals surface area contributed by atoms with Crippen molar-refractivity contribution in [3.8, 4) is 11.7 Å². The van der Waals surface area contributed by atoms with Crippen LogP contribution in [-0.4, -0.2) is 52.1 Å². The van der Waals surface area contributed by atoms with E-state index in [2.05, 4.69) is 25.3 Å². The lowest BCUT2D eigenvalue weighted by molar-refractivity contribution is 0.171. The van der Waals surface area contributed by atoms with Gasteiger partial charge in [0.05, 0.1) is 23.3 Å². The molecule has 4 aromatic rings. The Balaban J connectivity index is 1.36. The molecule has 13 heteroatoms. The Morgan fingerprint density at radius 1 is 1.28 bits per heavy atom. The first-order valence-corrected chi connectivity index (χ1v) is 10.8. The predicted octanol–water partition coefficient (Wildman–Crippen LogP) is 3.24. The first-order valence-electron chi connectivity index (χ1n) is 10.0. The van der Waals surface area contributed by atoms with E-state index in [1.54, 1.807) is 9.36 Å². The van der Waals surface area contributed by atoms with Crippen LogP contribution in [0, 0.1) is 6.92 Å². The van der Waals surface area contributed by atoms with Crippen LogP contribution in [0.25, 0.3) is 16.9 Å². The minimum Gasteiger partial charge on any atom is -0.472 e. The summed E-state index contributed by atoms with van der Waals surface area (Å²) >= 11 is 11.9. The van der Waals surface area contributed by atoms with Crippen molar-refractivity contribution in [2.45, 2.75) is 38.4 Å². The summed E-state index contributed by atoms with van der Waals surface area (Å²) in [5, 5.41) is 13.7. The zero-order valence-electron chi connectivity index (χ0n) is 17.3. The number of ether oxygens (including phenoxy) is 1. The van der Waals surface area contributed by atoms with E-state index in [1.165, 1.54) is 10.9 Å². The molecule has 0 saturated heterocycles. The van der Waals surface area contributed by atoms with Gasteiger partial charge in [0.2, 0.25) is 5.28 Å². The van der Waals surface area contributed by atoms with Gasteiger partial charge in [-0.15, -0.1) is 5.10 Å². The average molecular weight is 480 g/mol. The highest BCUT2D eigenvalue weighted by atomic mass is 35.5. The van der Waals surface area contributed by atoms with E-state index in [1.807, 2.05) is 20.0 Å².